The highest BCUT2D eigenvalue weighted by Gasteiger charge is 2.10. The Morgan fingerprint density at radius 3 is 2.79 bits per heavy atom. The van der Waals surface area contributed by atoms with Crippen LogP contribution in [0.5, 0.6) is 0 Å². The zero-order valence-electron chi connectivity index (χ0n) is 16.1. The first-order valence-corrected chi connectivity index (χ1v) is 10.5. The fraction of sp³-hybridized carbons (Fsp3) is 0.333. The summed E-state index contributed by atoms with van der Waals surface area (Å²) in [5.41, 5.74) is 4.99. The Morgan fingerprint density at radius 1 is 1.07 bits per heavy atom. The van der Waals surface area contributed by atoms with Crippen LogP contribution in [0.1, 0.15) is 43.2 Å². The van der Waals surface area contributed by atoms with Gasteiger partial charge in [0.15, 0.2) is 0 Å². The van der Waals surface area contributed by atoms with E-state index in [1.807, 2.05) is 0 Å². The van der Waals surface area contributed by atoms with Crippen LogP contribution in [-0.2, 0) is 13.1 Å². The molecule has 1 aromatic heterocycles. The molecule has 0 aliphatic heterocycles. The van der Waals surface area contributed by atoms with E-state index in [1.54, 1.807) is 11.6 Å². The zero-order valence-corrected chi connectivity index (χ0v) is 16.8. The minimum absolute atomic E-state index is 0.302. The van der Waals surface area contributed by atoms with Gasteiger partial charge >= 0.3 is 0 Å². The molecule has 0 amide bonds. The summed E-state index contributed by atoms with van der Waals surface area (Å²) in [6, 6.07) is 13.0. The van der Waals surface area contributed by atoms with Crippen molar-refractivity contribution < 1.29 is 4.39 Å². The number of aromatic nitrogens is 1. The summed E-state index contributed by atoms with van der Waals surface area (Å²) < 4.78 is 15.6. The van der Waals surface area contributed by atoms with Crippen LogP contribution >= 0.6 is 11.6 Å². The van der Waals surface area contributed by atoms with Crippen molar-refractivity contribution in [2.45, 2.75) is 45.2 Å². The average molecular weight is 397 g/mol. The van der Waals surface area contributed by atoms with E-state index in [9.17, 15) is 4.39 Å². The molecule has 0 atom stereocenters. The molecule has 0 saturated heterocycles. The van der Waals surface area contributed by atoms with Crippen LogP contribution in [0.2, 0.25) is 5.02 Å². The van der Waals surface area contributed by atoms with Gasteiger partial charge in [0.1, 0.15) is 5.82 Å². The Hall–Kier alpha value is -2.10. The van der Waals surface area contributed by atoms with E-state index in [0.717, 1.165) is 25.1 Å². The molecule has 1 aliphatic rings. The summed E-state index contributed by atoms with van der Waals surface area (Å²) in [5.74, 6) is -0.302. The lowest BCUT2D eigenvalue weighted by molar-refractivity contribution is 0.626. The predicted molar refractivity (Wildman–Crippen MR) is 115 cm³/mol. The normalized spacial score (nSPS) is 14.4. The standard InChI is InChI=1S/C24H26ClFN2/c25-23-14-21(26)11-10-19(23)16-28-17-20(22-8-4-5-9-24(22)28)15-27-13-12-18-6-2-1-3-7-18/h4-6,8-11,14,17,27H,1-3,7,12-13,15-16H2. The Labute approximate surface area is 171 Å². The van der Waals surface area contributed by atoms with E-state index >= 15 is 0 Å². The van der Waals surface area contributed by atoms with Crippen molar-refractivity contribution in [1.29, 1.82) is 0 Å². The van der Waals surface area contributed by atoms with Gasteiger partial charge in [0.25, 0.3) is 0 Å². The first-order chi connectivity index (χ1) is 13.7. The molecule has 1 aliphatic carbocycles. The Bertz CT molecular complexity index is 989. The quantitative estimate of drug-likeness (QED) is 0.358. The maximum Gasteiger partial charge on any atom is 0.124 e. The molecule has 0 radical (unpaired) electrons. The molecule has 146 valence electrons. The molecule has 28 heavy (non-hydrogen) atoms. The van der Waals surface area contributed by atoms with Crippen LogP contribution in [0, 0.1) is 5.82 Å². The summed E-state index contributed by atoms with van der Waals surface area (Å²) in [4.78, 5) is 0. The molecule has 1 N–H and O–H groups in total. The van der Waals surface area contributed by atoms with Gasteiger partial charge < -0.3 is 9.88 Å². The lowest BCUT2D eigenvalue weighted by Crippen LogP contribution is -2.15. The third-order valence-electron chi connectivity index (χ3n) is 5.55. The number of fused-ring (bicyclic) bond motifs is 1. The van der Waals surface area contributed by atoms with Crippen LogP contribution in [0.3, 0.4) is 0 Å². The summed E-state index contributed by atoms with van der Waals surface area (Å²) in [7, 11) is 0. The zero-order chi connectivity index (χ0) is 19.3. The molecule has 1 heterocycles. The van der Waals surface area contributed by atoms with Gasteiger partial charge in [-0.05, 0) is 68.0 Å². The molecule has 0 unspecified atom stereocenters. The SMILES string of the molecule is Fc1ccc(Cn2cc(CNCCC3=CCCCC3)c3ccccc32)c(Cl)c1. The monoisotopic (exact) mass is 396 g/mol. The topological polar surface area (TPSA) is 17.0 Å². The Kier molecular flexibility index (Phi) is 6.13. The molecular formula is C24H26ClFN2. The van der Waals surface area contributed by atoms with Crippen LogP contribution in [-0.4, -0.2) is 11.1 Å². The van der Waals surface area contributed by atoms with Crippen molar-refractivity contribution >= 4 is 22.5 Å². The highest BCUT2D eigenvalue weighted by molar-refractivity contribution is 6.31. The van der Waals surface area contributed by atoms with E-state index in [1.165, 1.54) is 54.3 Å². The smallest absolute Gasteiger partial charge is 0.124 e. The molecule has 2 nitrogen and oxygen atoms in total. The average Bonchev–Trinajstić information content (AvgIpc) is 3.06. The minimum atomic E-state index is -0.302. The Balaban J connectivity index is 1.47. The number of hydrogen-bond donors (Lipinski definition) is 1. The number of para-hydroxylation sites is 1. The molecule has 3 aromatic rings. The summed E-state index contributed by atoms with van der Waals surface area (Å²) >= 11 is 6.24. The van der Waals surface area contributed by atoms with Gasteiger partial charge in [0.2, 0.25) is 0 Å². The number of hydrogen-bond acceptors (Lipinski definition) is 1. The van der Waals surface area contributed by atoms with Crippen LogP contribution < -0.4 is 5.32 Å². The predicted octanol–water partition coefficient (Wildman–Crippen LogP) is 6.46. The van der Waals surface area contributed by atoms with E-state index in [-0.39, 0.29) is 5.82 Å². The summed E-state index contributed by atoms with van der Waals surface area (Å²) in [5, 5.41) is 5.33. The van der Waals surface area contributed by atoms with Crippen molar-refractivity contribution in [1.82, 2.24) is 9.88 Å². The fourth-order valence-electron chi connectivity index (χ4n) is 4.03. The van der Waals surface area contributed by atoms with Crippen LogP contribution in [0.25, 0.3) is 10.9 Å². The van der Waals surface area contributed by atoms with Gasteiger partial charge in [0.05, 0.1) is 0 Å². The van der Waals surface area contributed by atoms with Crippen molar-refractivity contribution in [2.75, 3.05) is 6.54 Å². The number of benzene rings is 2. The minimum Gasteiger partial charge on any atom is -0.343 e. The molecule has 0 saturated carbocycles. The lowest BCUT2D eigenvalue weighted by atomic mass is 9.97. The van der Waals surface area contributed by atoms with Crippen molar-refractivity contribution in [3.05, 3.63) is 82.3 Å². The lowest BCUT2D eigenvalue weighted by Gasteiger charge is -2.12. The number of nitrogens with zero attached hydrogens (tertiary/aromatic N) is 1. The first kappa shape index (κ1) is 19.2. The second kappa shape index (κ2) is 8.93. The highest BCUT2D eigenvalue weighted by Crippen LogP contribution is 2.25. The molecule has 0 bridgehead atoms. The molecule has 0 spiro atoms. The van der Waals surface area contributed by atoms with Gasteiger partial charge in [0, 0.05) is 35.2 Å². The molecule has 2 aromatic carbocycles. The number of rotatable bonds is 7. The third kappa shape index (κ3) is 4.48. The van der Waals surface area contributed by atoms with Gasteiger partial charge in [-0.1, -0.05) is 47.5 Å². The molecular weight excluding hydrogens is 371 g/mol. The number of allylic oxidation sites excluding steroid dienone is 1. The summed E-state index contributed by atoms with van der Waals surface area (Å²) in [6.07, 6.45) is 10.9. The second-order valence-electron chi connectivity index (χ2n) is 7.57. The van der Waals surface area contributed by atoms with Gasteiger partial charge in [-0.25, -0.2) is 4.39 Å². The van der Waals surface area contributed by atoms with Crippen LogP contribution in [0.15, 0.2) is 60.3 Å². The highest BCUT2D eigenvalue weighted by atomic mass is 35.5. The van der Waals surface area contributed by atoms with E-state index in [2.05, 4.69) is 46.4 Å². The van der Waals surface area contributed by atoms with E-state index < -0.39 is 0 Å². The van der Waals surface area contributed by atoms with Gasteiger partial charge in [-0.2, -0.15) is 0 Å². The van der Waals surface area contributed by atoms with Crippen molar-refractivity contribution in [3.8, 4) is 0 Å². The molecule has 4 rings (SSSR count). The fourth-order valence-corrected chi connectivity index (χ4v) is 4.26. The van der Waals surface area contributed by atoms with Gasteiger partial charge in [-0.15, -0.1) is 0 Å². The summed E-state index contributed by atoms with van der Waals surface area (Å²) in [6.45, 7) is 2.49. The van der Waals surface area contributed by atoms with Crippen LogP contribution in [0.4, 0.5) is 4.39 Å². The third-order valence-corrected chi connectivity index (χ3v) is 5.90. The van der Waals surface area contributed by atoms with E-state index in [4.69, 9.17) is 11.6 Å². The Morgan fingerprint density at radius 2 is 1.96 bits per heavy atom. The second-order valence-corrected chi connectivity index (χ2v) is 7.98. The van der Waals surface area contributed by atoms with Crippen molar-refractivity contribution in [2.24, 2.45) is 0 Å². The van der Waals surface area contributed by atoms with Crippen molar-refractivity contribution in [3.63, 3.8) is 0 Å². The molecule has 0 fully saturated rings. The van der Waals surface area contributed by atoms with E-state index in [0.29, 0.717) is 11.6 Å². The first-order valence-electron chi connectivity index (χ1n) is 10.1. The maximum atomic E-state index is 13.3. The maximum absolute atomic E-state index is 13.3. The molecule has 4 heteroatoms. The largest absolute Gasteiger partial charge is 0.343 e. The van der Waals surface area contributed by atoms with Gasteiger partial charge in [-0.3, -0.25) is 0 Å². The number of halogens is 2. The number of nitrogens with one attached hydrogen (secondary N) is 1.